The lowest BCUT2D eigenvalue weighted by Gasteiger charge is -2.37. The van der Waals surface area contributed by atoms with Crippen molar-refractivity contribution in [2.75, 3.05) is 18.0 Å². The second kappa shape index (κ2) is 8.94. The molecular formula is C27H23F6NOS. The van der Waals surface area contributed by atoms with Crippen LogP contribution in [0.4, 0.5) is 32.0 Å². The van der Waals surface area contributed by atoms with Gasteiger partial charge in [0.25, 0.3) is 0 Å². The summed E-state index contributed by atoms with van der Waals surface area (Å²) in [5, 5.41) is 0.961. The van der Waals surface area contributed by atoms with Crippen molar-refractivity contribution in [2.45, 2.75) is 51.4 Å². The fraction of sp³-hybridized carbons (Fsp3) is 0.370. The Morgan fingerprint density at radius 2 is 1.58 bits per heavy atom. The zero-order chi connectivity index (χ0) is 25.8. The zero-order valence-corrected chi connectivity index (χ0v) is 20.3. The maximum Gasteiger partial charge on any atom is 0.416 e. The van der Waals surface area contributed by atoms with Gasteiger partial charge in [-0.25, -0.2) is 0 Å². The van der Waals surface area contributed by atoms with Crippen LogP contribution in [0, 0.1) is 11.6 Å². The number of rotatable bonds is 3. The predicted molar refractivity (Wildman–Crippen MR) is 130 cm³/mol. The molecule has 0 atom stereocenters. The summed E-state index contributed by atoms with van der Waals surface area (Å²) in [4.78, 5) is 2.41. The van der Waals surface area contributed by atoms with Gasteiger partial charge in [-0.1, -0.05) is 12.2 Å². The van der Waals surface area contributed by atoms with E-state index in [1.54, 1.807) is 0 Å². The topological polar surface area (TPSA) is 16.4 Å². The molecule has 0 aliphatic carbocycles. The van der Waals surface area contributed by atoms with E-state index in [-0.39, 0.29) is 22.8 Å². The highest BCUT2D eigenvalue weighted by molar-refractivity contribution is 7.71. The van der Waals surface area contributed by atoms with Crippen LogP contribution in [0.3, 0.4) is 0 Å². The summed E-state index contributed by atoms with van der Waals surface area (Å²) in [7, 11) is 0. The van der Waals surface area contributed by atoms with Crippen molar-refractivity contribution >= 4 is 35.0 Å². The maximum absolute atomic E-state index is 13.2. The van der Waals surface area contributed by atoms with E-state index in [9.17, 15) is 26.3 Å². The summed E-state index contributed by atoms with van der Waals surface area (Å²) >= 11 is 5.53. The average Bonchev–Trinajstić information content (AvgIpc) is 2.81. The number of nitrogens with zero attached hydrogens (tertiary/aromatic N) is 1. The van der Waals surface area contributed by atoms with Gasteiger partial charge in [-0.05, 0) is 92.2 Å². The fourth-order valence-electron chi connectivity index (χ4n) is 5.32. The minimum atomic E-state index is -4.89. The molecule has 0 bridgehead atoms. The average molecular weight is 524 g/mol. The SMILES string of the molecule is Cc1c(CC=Cc2cc(C(F)(F)F)cc(C(F)(F)F)c2)c(=S)oc2c3c4c(cc12)CCCN4CCC3. The molecule has 190 valence electrons. The Kier molecular flexibility index (Phi) is 6.17. The molecule has 36 heavy (non-hydrogen) atoms. The molecule has 2 aromatic carbocycles. The largest absolute Gasteiger partial charge is 0.445 e. The highest BCUT2D eigenvalue weighted by atomic mass is 32.1. The van der Waals surface area contributed by atoms with Gasteiger partial charge in [-0.3, -0.25) is 0 Å². The minimum absolute atomic E-state index is 0.124. The van der Waals surface area contributed by atoms with Crippen LogP contribution >= 0.6 is 12.2 Å². The van der Waals surface area contributed by atoms with E-state index in [1.165, 1.54) is 29.0 Å². The van der Waals surface area contributed by atoms with Crippen molar-refractivity contribution in [3.8, 4) is 0 Å². The second-order valence-electron chi connectivity index (χ2n) is 9.37. The molecule has 0 radical (unpaired) electrons. The van der Waals surface area contributed by atoms with Gasteiger partial charge in [-0.2, -0.15) is 26.3 Å². The summed E-state index contributed by atoms with van der Waals surface area (Å²) in [5.74, 6) is 0. The number of halogens is 6. The molecule has 0 fully saturated rings. The van der Waals surface area contributed by atoms with Gasteiger partial charge >= 0.3 is 12.4 Å². The molecule has 0 amide bonds. The first-order valence-corrected chi connectivity index (χ1v) is 12.2. The van der Waals surface area contributed by atoms with Crippen molar-refractivity contribution < 1.29 is 30.8 Å². The fourth-order valence-corrected chi connectivity index (χ4v) is 5.64. The summed E-state index contributed by atoms with van der Waals surface area (Å²) < 4.78 is 85.4. The number of aryl methyl sites for hydroxylation is 3. The Labute approximate surface area is 209 Å². The molecule has 3 aromatic rings. The third-order valence-corrected chi connectivity index (χ3v) is 7.34. The van der Waals surface area contributed by atoms with Crippen molar-refractivity contribution in [1.29, 1.82) is 0 Å². The number of hydrogen-bond donors (Lipinski definition) is 0. The first kappa shape index (κ1) is 24.9. The Morgan fingerprint density at radius 1 is 0.944 bits per heavy atom. The molecule has 3 heterocycles. The number of anilines is 1. The van der Waals surface area contributed by atoms with E-state index in [1.807, 2.05) is 6.92 Å². The van der Waals surface area contributed by atoms with Crippen molar-refractivity contribution in [3.63, 3.8) is 0 Å². The van der Waals surface area contributed by atoms with Gasteiger partial charge in [-0.15, -0.1) is 0 Å². The molecule has 2 aliphatic heterocycles. The first-order chi connectivity index (χ1) is 16.9. The number of hydrogen-bond acceptors (Lipinski definition) is 3. The number of allylic oxidation sites excluding steroid dienone is 1. The van der Waals surface area contributed by atoms with Gasteiger partial charge in [0.2, 0.25) is 0 Å². The van der Waals surface area contributed by atoms with E-state index in [2.05, 4.69) is 11.0 Å². The Morgan fingerprint density at radius 3 is 2.22 bits per heavy atom. The molecule has 0 N–H and O–H groups in total. The van der Waals surface area contributed by atoms with E-state index in [0.717, 1.165) is 55.3 Å². The minimum Gasteiger partial charge on any atom is -0.445 e. The smallest absolute Gasteiger partial charge is 0.416 e. The summed E-state index contributed by atoms with van der Waals surface area (Å²) in [5.41, 5.74) is 3.25. The van der Waals surface area contributed by atoms with Crippen LogP contribution < -0.4 is 4.90 Å². The van der Waals surface area contributed by atoms with Gasteiger partial charge in [0, 0.05) is 35.3 Å². The third kappa shape index (κ3) is 4.53. The molecule has 5 rings (SSSR count). The Hall–Kier alpha value is -2.81. The summed E-state index contributed by atoms with van der Waals surface area (Å²) in [6.45, 7) is 3.99. The van der Waals surface area contributed by atoms with Crippen LogP contribution in [0.5, 0.6) is 0 Å². The van der Waals surface area contributed by atoms with Crippen LogP contribution in [-0.4, -0.2) is 13.1 Å². The monoisotopic (exact) mass is 523 g/mol. The Balaban J connectivity index is 1.52. The molecule has 2 aliphatic rings. The van der Waals surface area contributed by atoms with Gasteiger partial charge in [0.1, 0.15) is 5.58 Å². The molecule has 0 spiro atoms. The van der Waals surface area contributed by atoms with Crippen molar-refractivity contribution in [2.24, 2.45) is 0 Å². The summed E-state index contributed by atoms with van der Waals surface area (Å²) in [6, 6.07) is 3.69. The predicted octanol–water partition coefficient (Wildman–Crippen LogP) is 8.46. The molecule has 0 saturated carbocycles. The van der Waals surface area contributed by atoms with Gasteiger partial charge in [0.15, 0.2) is 4.71 Å². The normalized spacial score (nSPS) is 16.1. The lowest BCUT2D eigenvalue weighted by atomic mass is 9.88. The zero-order valence-electron chi connectivity index (χ0n) is 19.4. The molecule has 0 unspecified atom stereocenters. The van der Waals surface area contributed by atoms with E-state index >= 15 is 0 Å². The number of alkyl halides is 6. The van der Waals surface area contributed by atoms with E-state index in [4.69, 9.17) is 16.6 Å². The molecule has 9 heteroatoms. The van der Waals surface area contributed by atoms with Crippen LogP contribution in [0.1, 0.15) is 51.8 Å². The van der Waals surface area contributed by atoms with E-state index in [0.29, 0.717) is 17.7 Å². The van der Waals surface area contributed by atoms with Crippen LogP contribution in [0.25, 0.3) is 17.0 Å². The highest BCUT2D eigenvalue weighted by Gasteiger charge is 2.36. The Bertz CT molecular complexity index is 1400. The van der Waals surface area contributed by atoms with Crippen molar-refractivity contribution in [1.82, 2.24) is 0 Å². The lowest BCUT2D eigenvalue weighted by Crippen LogP contribution is -2.34. The molecular weight excluding hydrogens is 500 g/mol. The van der Waals surface area contributed by atoms with Crippen LogP contribution in [-0.2, 0) is 31.6 Å². The van der Waals surface area contributed by atoms with E-state index < -0.39 is 23.5 Å². The van der Waals surface area contributed by atoms with Crippen LogP contribution in [0.15, 0.2) is 34.8 Å². The maximum atomic E-state index is 13.2. The molecule has 0 saturated heterocycles. The molecule has 1 aromatic heterocycles. The number of benzene rings is 2. The van der Waals surface area contributed by atoms with Gasteiger partial charge in [0.05, 0.1) is 11.1 Å². The quantitative estimate of drug-likeness (QED) is 0.253. The van der Waals surface area contributed by atoms with Gasteiger partial charge < -0.3 is 9.32 Å². The lowest BCUT2D eigenvalue weighted by molar-refractivity contribution is -0.143. The number of fused-ring (bicyclic) bond motifs is 2. The molecule has 2 nitrogen and oxygen atoms in total. The summed E-state index contributed by atoms with van der Waals surface area (Å²) in [6.07, 6.45) is -2.76. The third-order valence-electron chi connectivity index (χ3n) is 7.01. The highest BCUT2D eigenvalue weighted by Crippen LogP contribution is 2.42. The standard InChI is InChI=1S/C27H23F6NOS/c1-15-20(7-2-5-16-11-18(26(28,29)30)14-19(12-16)27(31,32)33)25(36)35-24-21-8-4-10-34-9-3-6-17(23(21)34)13-22(15)24/h2,5,11-14H,3-4,6-10H2,1H3. The first-order valence-electron chi connectivity index (χ1n) is 11.8. The second-order valence-corrected chi connectivity index (χ2v) is 9.74. The van der Waals surface area contributed by atoms with Crippen molar-refractivity contribution in [3.05, 3.63) is 74.0 Å². The van der Waals surface area contributed by atoms with Crippen LogP contribution in [0.2, 0.25) is 0 Å².